The molecule has 1 amide bonds. The van der Waals surface area contributed by atoms with E-state index in [2.05, 4.69) is 5.32 Å². The molecule has 0 aromatic carbocycles. The maximum absolute atomic E-state index is 10.7. The minimum absolute atomic E-state index is 0.0687. The first-order valence-electron chi connectivity index (χ1n) is 4.68. The SMILES string of the molecule is CC(=O)N[C@H](C=O)[C@H](O)O[C@]1(C=O)CC1O. The molecule has 1 aliphatic rings. The summed E-state index contributed by atoms with van der Waals surface area (Å²) in [5, 5.41) is 20.7. The molecule has 0 heterocycles. The van der Waals surface area contributed by atoms with Crippen LogP contribution in [0.25, 0.3) is 0 Å². The largest absolute Gasteiger partial charge is 0.390 e. The quantitative estimate of drug-likeness (QED) is 0.351. The van der Waals surface area contributed by atoms with Crippen molar-refractivity contribution in [3.63, 3.8) is 0 Å². The van der Waals surface area contributed by atoms with E-state index in [1.807, 2.05) is 0 Å². The van der Waals surface area contributed by atoms with Gasteiger partial charge < -0.3 is 29.9 Å². The lowest BCUT2D eigenvalue weighted by molar-refractivity contribution is -0.175. The maximum atomic E-state index is 10.7. The third kappa shape index (κ3) is 2.63. The highest BCUT2D eigenvalue weighted by molar-refractivity contribution is 5.77. The summed E-state index contributed by atoms with van der Waals surface area (Å²) in [6.45, 7) is 1.17. The smallest absolute Gasteiger partial charge is 0.217 e. The lowest BCUT2D eigenvalue weighted by Crippen LogP contribution is -2.47. The minimum Gasteiger partial charge on any atom is -0.390 e. The van der Waals surface area contributed by atoms with E-state index >= 15 is 0 Å². The molecule has 7 heteroatoms. The van der Waals surface area contributed by atoms with E-state index in [0.717, 1.165) is 0 Å². The van der Waals surface area contributed by atoms with E-state index < -0.39 is 29.9 Å². The van der Waals surface area contributed by atoms with E-state index in [9.17, 15) is 19.5 Å². The molecular formula is C9H13NO6. The van der Waals surface area contributed by atoms with Crippen molar-refractivity contribution in [1.82, 2.24) is 5.32 Å². The zero-order valence-electron chi connectivity index (χ0n) is 8.62. The molecule has 0 spiro atoms. The summed E-state index contributed by atoms with van der Waals surface area (Å²) in [6.07, 6.45) is -1.91. The second kappa shape index (κ2) is 4.69. The number of ether oxygens (including phenoxy) is 1. The molecule has 7 nitrogen and oxygen atoms in total. The van der Waals surface area contributed by atoms with Crippen molar-refractivity contribution in [2.24, 2.45) is 0 Å². The number of carbonyl (C=O) groups excluding carboxylic acids is 3. The van der Waals surface area contributed by atoms with Crippen LogP contribution in [0.2, 0.25) is 0 Å². The Balaban J connectivity index is 2.56. The molecule has 90 valence electrons. The standard InChI is InChI=1S/C9H13NO6/c1-5(13)10-6(3-11)8(15)16-9(4-12)2-7(9)14/h3-4,6-8,14-15H,2H2,1H3,(H,10,13)/t6-,7?,8-,9+/m1/s1. The first-order chi connectivity index (χ1) is 7.45. The third-order valence-corrected chi connectivity index (χ3v) is 2.28. The van der Waals surface area contributed by atoms with Crippen LogP contribution in [0.3, 0.4) is 0 Å². The van der Waals surface area contributed by atoms with Gasteiger partial charge in [-0.2, -0.15) is 0 Å². The number of nitrogens with one attached hydrogen (secondary N) is 1. The molecule has 0 saturated heterocycles. The van der Waals surface area contributed by atoms with Crippen molar-refractivity contribution < 1.29 is 29.3 Å². The number of rotatable bonds is 6. The second-order valence-corrected chi connectivity index (χ2v) is 3.66. The average molecular weight is 231 g/mol. The molecule has 1 saturated carbocycles. The van der Waals surface area contributed by atoms with Crippen LogP contribution in [0.15, 0.2) is 0 Å². The number of aliphatic hydroxyl groups is 2. The van der Waals surface area contributed by atoms with Gasteiger partial charge in [0.05, 0.1) is 6.10 Å². The first-order valence-corrected chi connectivity index (χ1v) is 4.68. The average Bonchev–Trinajstić information content (AvgIpc) is 2.85. The summed E-state index contributed by atoms with van der Waals surface area (Å²) < 4.78 is 4.86. The van der Waals surface area contributed by atoms with Gasteiger partial charge in [0, 0.05) is 13.3 Å². The van der Waals surface area contributed by atoms with Crippen molar-refractivity contribution in [2.45, 2.75) is 37.4 Å². The van der Waals surface area contributed by atoms with Crippen molar-refractivity contribution in [1.29, 1.82) is 0 Å². The van der Waals surface area contributed by atoms with Crippen LogP contribution in [-0.4, -0.2) is 52.7 Å². The monoisotopic (exact) mass is 231 g/mol. The van der Waals surface area contributed by atoms with Gasteiger partial charge in [-0.3, -0.25) is 4.79 Å². The molecule has 0 radical (unpaired) electrons. The Morgan fingerprint density at radius 3 is 2.50 bits per heavy atom. The molecule has 0 aromatic rings. The predicted octanol–water partition coefficient (Wildman–Crippen LogP) is -2.27. The van der Waals surface area contributed by atoms with Gasteiger partial charge in [0.25, 0.3) is 0 Å². The van der Waals surface area contributed by atoms with Crippen LogP contribution in [0.1, 0.15) is 13.3 Å². The van der Waals surface area contributed by atoms with E-state index in [0.29, 0.717) is 12.6 Å². The first kappa shape index (κ1) is 12.8. The number of carbonyl (C=O) groups is 3. The van der Waals surface area contributed by atoms with Gasteiger partial charge in [-0.25, -0.2) is 0 Å². The Labute approximate surface area is 91.4 Å². The van der Waals surface area contributed by atoms with Crippen molar-refractivity contribution >= 4 is 18.5 Å². The van der Waals surface area contributed by atoms with Crippen LogP contribution < -0.4 is 5.32 Å². The highest BCUT2D eigenvalue weighted by atomic mass is 16.6. The molecule has 0 aromatic heterocycles. The second-order valence-electron chi connectivity index (χ2n) is 3.66. The minimum atomic E-state index is -1.66. The molecule has 1 aliphatic carbocycles. The summed E-state index contributed by atoms with van der Waals surface area (Å²) in [5.74, 6) is -0.517. The Hall–Kier alpha value is -1.31. The predicted molar refractivity (Wildman–Crippen MR) is 50.2 cm³/mol. The van der Waals surface area contributed by atoms with E-state index in [1.165, 1.54) is 6.92 Å². The summed E-state index contributed by atoms with van der Waals surface area (Å²) in [4.78, 5) is 31.8. The zero-order valence-corrected chi connectivity index (χ0v) is 8.62. The van der Waals surface area contributed by atoms with Gasteiger partial charge in [0.15, 0.2) is 18.2 Å². The van der Waals surface area contributed by atoms with Crippen LogP contribution in [0.5, 0.6) is 0 Å². The fraction of sp³-hybridized carbons (Fsp3) is 0.667. The molecule has 1 rings (SSSR count). The van der Waals surface area contributed by atoms with Gasteiger partial charge in [0.1, 0.15) is 12.3 Å². The lowest BCUT2D eigenvalue weighted by atomic mass is 10.3. The molecule has 3 N–H and O–H groups in total. The van der Waals surface area contributed by atoms with Gasteiger partial charge >= 0.3 is 0 Å². The molecule has 4 atom stereocenters. The molecular weight excluding hydrogens is 218 g/mol. The fourth-order valence-corrected chi connectivity index (χ4v) is 1.23. The maximum Gasteiger partial charge on any atom is 0.217 e. The summed E-state index contributed by atoms with van der Waals surface area (Å²) in [6, 6.07) is -1.26. The normalized spacial score (nSPS) is 31.3. The number of hydrogen-bond donors (Lipinski definition) is 3. The van der Waals surface area contributed by atoms with Crippen molar-refractivity contribution in [2.75, 3.05) is 0 Å². The molecule has 1 fully saturated rings. The van der Waals surface area contributed by atoms with Crippen LogP contribution >= 0.6 is 0 Å². The Morgan fingerprint density at radius 2 is 2.19 bits per heavy atom. The number of amides is 1. The van der Waals surface area contributed by atoms with Crippen molar-refractivity contribution in [3.05, 3.63) is 0 Å². The molecule has 0 bridgehead atoms. The number of aliphatic hydroxyl groups excluding tert-OH is 2. The zero-order chi connectivity index (χ0) is 12.3. The number of aldehydes is 2. The van der Waals surface area contributed by atoms with Crippen LogP contribution in [-0.2, 0) is 19.1 Å². The topological polar surface area (TPSA) is 113 Å². The van der Waals surface area contributed by atoms with Gasteiger partial charge in [-0.1, -0.05) is 0 Å². The molecule has 0 aliphatic heterocycles. The Kier molecular flexibility index (Phi) is 3.74. The highest BCUT2D eigenvalue weighted by Crippen LogP contribution is 2.38. The third-order valence-electron chi connectivity index (χ3n) is 2.28. The summed E-state index contributed by atoms with van der Waals surface area (Å²) in [7, 11) is 0. The summed E-state index contributed by atoms with van der Waals surface area (Å²) >= 11 is 0. The lowest BCUT2D eigenvalue weighted by Gasteiger charge is -2.21. The van der Waals surface area contributed by atoms with Gasteiger partial charge in [-0.15, -0.1) is 0 Å². The van der Waals surface area contributed by atoms with Crippen LogP contribution in [0.4, 0.5) is 0 Å². The molecule has 1 unspecified atom stereocenters. The van der Waals surface area contributed by atoms with E-state index in [4.69, 9.17) is 9.84 Å². The summed E-state index contributed by atoms with van der Waals surface area (Å²) in [5.41, 5.74) is -1.45. The number of hydrogen-bond acceptors (Lipinski definition) is 6. The highest BCUT2D eigenvalue weighted by Gasteiger charge is 2.57. The Bertz CT molecular complexity index is 306. The van der Waals surface area contributed by atoms with Crippen molar-refractivity contribution in [3.8, 4) is 0 Å². The van der Waals surface area contributed by atoms with Gasteiger partial charge in [-0.05, 0) is 0 Å². The fourth-order valence-electron chi connectivity index (χ4n) is 1.23. The van der Waals surface area contributed by atoms with Gasteiger partial charge in [0.2, 0.25) is 5.91 Å². The van der Waals surface area contributed by atoms with E-state index in [1.54, 1.807) is 0 Å². The Morgan fingerprint density at radius 1 is 1.62 bits per heavy atom. The van der Waals surface area contributed by atoms with Crippen LogP contribution in [0, 0.1) is 0 Å². The molecule has 16 heavy (non-hydrogen) atoms. The van der Waals surface area contributed by atoms with E-state index in [-0.39, 0.29) is 6.42 Å².